The molecule has 0 aromatic heterocycles. The number of rotatable bonds is 8. The van der Waals surface area contributed by atoms with Gasteiger partial charge in [0, 0.05) is 17.5 Å². The highest BCUT2D eigenvalue weighted by Crippen LogP contribution is 2.28. The number of benzene rings is 3. The number of hydrogen-bond acceptors (Lipinski definition) is 6. The molecule has 0 fully saturated rings. The zero-order chi connectivity index (χ0) is 26.3. The molecule has 0 aliphatic heterocycles. The summed E-state index contributed by atoms with van der Waals surface area (Å²) >= 11 is 5.19. The molecule has 0 aliphatic rings. The van der Waals surface area contributed by atoms with Gasteiger partial charge in [0.2, 0.25) is 5.91 Å². The van der Waals surface area contributed by atoms with E-state index < -0.39 is 15.9 Å². The topological polar surface area (TPSA) is 106 Å². The molecule has 0 unspecified atom stereocenters. The normalized spacial score (nSPS) is 11.1. The molecule has 10 heteroatoms. The van der Waals surface area contributed by atoms with Gasteiger partial charge in [-0.2, -0.15) is 0 Å². The Morgan fingerprint density at radius 3 is 2.11 bits per heavy atom. The molecule has 3 aromatic rings. The van der Waals surface area contributed by atoms with Crippen LogP contribution < -0.4 is 24.8 Å². The quantitative estimate of drug-likeness (QED) is 0.290. The van der Waals surface area contributed by atoms with E-state index in [1.165, 1.54) is 25.3 Å². The Balaban J connectivity index is 1.58. The summed E-state index contributed by atoms with van der Waals surface area (Å²) in [4.78, 5) is 12.3. The minimum atomic E-state index is -3.76. The number of aryl methyl sites for hydroxylation is 2. The van der Waals surface area contributed by atoms with Crippen molar-refractivity contribution in [1.82, 2.24) is 5.32 Å². The van der Waals surface area contributed by atoms with Crippen molar-refractivity contribution in [3.63, 3.8) is 0 Å². The molecule has 36 heavy (non-hydrogen) atoms. The highest BCUT2D eigenvalue weighted by atomic mass is 32.2. The maximum absolute atomic E-state index is 12.7. The molecular formula is C26H27N3O5S2. The van der Waals surface area contributed by atoms with Crippen LogP contribution in [0.3, 0.4) is 0 Å². The van der Waals surface area contributed by atoms with Gasteiger partial charge >= 0.3 is 0 Å². The van der Waals surface area contributed by atoms with Gasteiger partial charge in [0.05, 0.1) is 19.1 Å². The van der Waals surface area contributed by atoms with Crippen molar-refractivity contribution in [3.8, 4) is 11.5 Å². The number of methoxy groups -OCH3 is 2. The standard InChI is InChI=1S/C26H27N3O5S2/c1-17-13-18(2)15-21(14-17)29-36(31,32)22-9-7-20(8-10-22)27-26(35)28-25(30)12-6-19-5-11-23(33-3)24(16-19)34-4/h5-16,29H,1-4H3,(H2,27,28,30,35). The lowest BCUT2D eigenvalue weighted by molar-refractivity contribution is -0.115. The molecule has 0 aliphatic carbocycles. The Hall–Kier alpha value is -3.89. The molecule has 0 spiro atoms. The van der Waals surface area contributed by atoms with Crippen molar-refractivity contribution < 1.29 is 22.7 Å². The van der Waals surface area contributed by atoms with Crippen LogP contribution in [-0.2, 0) is 14.8 Å². The summed E-state index contributed by atoms with van der Waals surface area (Å²) in [6.07, 6.45) is 2.95. The molecule has 3 rings (SSSR count). The molecule has 0 bridgehead atoms. The van der Waals surface area contributed by atoms with Crippen LogP contribution in [0.15, 0.2) is 71.6 Å². The lowest BCUT2D eigenvalue weighted by atomic mass is 10.1. The van der Waals surface area contributed by atoms with Crippen molar-refractivity contribution in [2.75, 3.05) is 24.3 Å². The second-order valence-electron chi connectivity index (χ2n) is 7.90. The Morgan fingerprint density at radius 2 is 1.50 bits per heavy atom. The van der Waals surface area contributed by atoms with Gasteiger partial charge in [-0.25, -0.2) is 8.42 Å². The molecule has 0 radical (unpaired) electrons. The molecule has 0 atom stereocenters. The van der Waals surface area contributed by atoms with Crippen molar-refractivity contribution in [2.24, 2.45) is 0 Å². The van der Waals surface area contributed by atoms with Gasteiger partial charge in [0.25, 0.3) is 10.0 Å². The molecule has 0 saturated heterocycles. The smallest absolute Gasteiger partial charge is 0.261 e. The van der Waals surface area contributed by atoms with E-state index in [2.05, 4.69) is 15.4 Å². The van der Waals surface area contributed by atoms with E-state index in [-0.39, 0.29) is 10.0 Å². The van der Waals surface area contributed by atoms with Gasteiger partial charge in [0.15, 0.2) is 16.6 Å². The van der Waals surface area contributed by atoms with Crippen molar-refractivity contribution in [1.29, 1.82) is 0 Å². The first-order valence-corrected chi connectivity index (χ1v) is 12.7. The molecule has 3 aromatic carbocycles. The Kier molecular flexibility index (Phi) is 8.68. The third-order valence-corrected chi connectivity index (χ3v) is 6.57. The fourth-order valence-corrected chi connectivity index (χ4v) is 4.67. The SMILES string of the molecule is COc1ccc(C=CC(=O)NC(=S)Nc2ccc(S(=O)(=O)Nc3cc(C)cc(C)c3)cc2)cc1OC. The van der Waals surface area contributed by atoms with Crippen molar-refractivity contribution in [2.45, 2.75) is 18.7 Å². The van der Waals surface area contributed by atoms with E-state index in [1.807, 2.05) is 19.9 Å². The molecule has 188 valence electrons. The lowest BCUT2D eigenvalue weighted by Gasteiger charge is -2.11. The third kappa shape index (κ3) is 7.30. The first kappa shape index (κ1) is 26.7. The van der Waals surface area contributed by atoms with E-state index in [0.29, 0.717) is 22.9 Å². The van der Waals surface area contributed by atoms with Crippen molar-refractivity contribution >= 4 is 50.7 Å². The van der Waals surface area contributed by atoms with E-state index in [9.17, 15) is 13.2 Å². The second-order valence-corrected chi connectivity index (χ2v) is 9.99. The number of ether oxygens (including phenoxy) is 2. The summed E-state index contributed by atoms with van der Waals surface area (Å²) in [5.74, 6) is 0.704. The van der Waals surface area contributed by atoms with Crippen LogP contribution in [0.4, 0.5) is 11.4 Å². The lowest BCUT2D eigenvalue weighted by Crippen LogP contribution is -2.32. The Labute approximate surface area is 216 Å². The molecule has 8 nitrogen and oxygen atoms in total. The van der Waals surface area contributed by atoms with Gasteiger partial charge in [-0.3, -0.25) is 14.8 Å². The van der Waals surface area contributed by atoms with Crippen LogP contribution in [0.1, 0.15) is 16.7 Å². The van der Waals surface area contributed by atoms with Crippen molar-refractivity contribution in [3.05, 3.63) is 83.4 Å². The highest BCUT2D eigenvalue weighted by molar-refractivity contribution is 7.92. The minimum absolute atomic E-state index is 0.0703. The average Bonchev–Trinajstić information content (AvgIpc) is 2.81. The van der Waals surface area contributed by atoms with Crippen LogP contribution in [0, 0.1) is 13.8 Å². The number of sulfonamides is 1. The Morgan fingerprint density at radius 1 is 0.861 bits per heavy atom. The van der Waals surface area contributed by atoms with Gasteiger partial charge in [0.1, 0.15) is 0 Å². The maximum Gasteiger partial charge on any atom is 0.261 e. The summed E-state index contributed by atoms with van der Waals surface area (Å²) in [5.41, 5.74) is 3.69. The third-order valence-electron chi connectivity index (χ3n) is 4.97. The first-order valence-electron chi connectivity index (χ1n) is 10.8. The van der Waals surface area contributed by atoms with Crippen LogP contribution >= 0.6 is 12.2 Å². The second kappa shape index (κ2) is 11.7. The predicted octanol–water partition coefficient (Wildman–Crippen LogP) is 4.65. The summed E-state index contributed by atoms with van der Waals surface area (Å²) < 4.78 is 38.5. The van der Waals surface area contributed by atoms with Gasteiger partial charge in [-0.05, 0) is 97.4 Å². The van der Waals surface area contributed by atoms with E-state index in [1.54, 1.807) is 55.7 Å². The number of anilines is 2. The zero-order valence-corrected chi connectivity index (χ0v) is 21.9. The molecule has 1 amide bonds. The average molecular weight is 526 g/mol. The summed E-state index contributed by atoms with van der Waals surface area (Å²) in [7, 11) is -0.681. The summed E-state index contributed by atoms with van der Waals surface area (Å²) in [6.45, 7) is 3.80. The fraction of sp³-hybridized carbons (Fsp3) is 0.154. The van der Waals surface area contributed by atoms with Crippen LogP contribution in [0.5, 0.6) is 11.5 Å². The van der Waals surface area contributed by atoms with Crippen LogP contribution in [0.2, 0.25) is 0 Å². The van der Waals surface area contributed by atoms with E-state index >= 15 is 0 Å². The van der Waals surface area contributed by atoms with Gasteiger partial charge in [-0.15, -0.1) is 0 Å². The number of amides is 1. The zero-order valence-electron chi connectivity index (χ0n) is 20.3. The van der Waals surface area contributed by atoms with Crippen LogP contribution in [-0.4, -0.2) is 33.7 Å². The summed E-state index contributed by atoms with van der Waals surface area (Å²) in [6, 6.07) is 16.8. The molecular weight excluding hydrogens is 498 g/mol. The number of carbonyl (C=O) groups is 1. The van der Waals surface area contributed by atoms with Gasteiger partial charge < -0.3 is 14.8 Å². The number of thiocarbonyl (C=S) groups is 1. The highest BCUT2D eigenvalue weighted by Gasteiger charge is 2.15. The first-order chi connectivity index (χ1) is 17.1. The number of nitrogens with one attached hydrogen (secondary N) is 3. The molecule has 3 N–H and O–H groups in total. The number of hydrogen-bond donors (Lipinski definition) is 3. The molecule has 0 saturated carbocycles. The fourth-order valence-electron chi connectivity index (χ4n) is 3.41. The van der Waals surface area contributed by atoms with E-state index in [4.69, 9.17) is 21.7 Å². The Bertz CT molecular complexity index is 1380. The van der Waals surface area contributed by atoms with E-state index in [0.717, 1.165) is 16.7 Å². The minimum Gasteiger partial charge on any atom is -0.493 e. The number of carbonyl (C=O) groups excluding carboxylic acids is 1. The largest absolute Gasteiger partial charge is 0.493 e. The van der Waals surface area contributed by atoms with Crippen LogP contribution in [0.25, 0.3) is 6.08 Å². The maximum atomic E-state index is 12.7. The monoisotopic (exact) mass is 525 g/mol. The summed E-state index contributed by atoms with van der Waals surface area (Å²) in [5, 5.41) is 5.48. The predicted molar refractivity (Wildman–Crippen MR) is 146 cm³/mol. The molecule has 0 heterocycles. The van der Waals surface area contributed by atoms with Gasteiger partial charge in [-0.1, -0.05) is 12.1 Å².